The number of nitrogens with one attached hydrogen (secondary N) is 1. The van der Waals surface area contributed by atoms with E-state index in [9.17, 15) is 4.21 Å². The minimum atomic E-state index is -0.544. The van der Waals surface area contributed by atoms with Crippen molar-refractivity contribution in [1.29, 1.82) is 0 Å². The molecular formula is C14H28N2OS. The van der Waals surface area contributed by atoms with Crippen molar-refractivity contribution in [3.05, 3.63) is 0 Å². The van der Waals surface area contributed by atoms with Crippen molar-refractivity contribution >= 4 is 10.8 Å². The molecule has 1 aliphatic heterocycles. The summed E-state index contributed by atoms with van der Waals surface area (Å²) in [6.07, 6.45) is 4.06. The van der Waals surface area contributed by atoms with Crippen LogP contribution in [0.2, 0.25) is 0 Å². The van der Waals surface area contributed by atoms with Crippen LogP contribution in [0.15, 0.2) is 0 Å². The van der Waals surface area contributed by atoms with Crippen molar-refractivity contribution in [1.82, 2.24) is 10.2 Å². The first kappa shape index (κ1) is 14.5. The van der Waals surface area contributed by atoms with Crippen LogP contribution in [0, 0.1) is 11.8 Å². The molecule has 0 amide bonds. The SMILES string of the molecule is CCNC1CCC(C)CC1CN1CCS(=O)CC1. The quantitative estimate of drug-likeness (QED) is 0.841. The van der Waals surface area contributed by atoms with Crippen LogP contribution < -0.4 is 5.32 Å². The van der Waals surface area contributed by atoms with Crippen LogP contribution in [0.3, 0.4) is 0 Å². The van der Waals surface area contributed by atoms with Gasteiger partial charge in [-0.1, -0.05) is 13.8 Å². The highest BCUT2D eigenvalue weighted by molar-refractivity contribution is 7.85. The van der Waals surface area contributed by atoms with Crippen LogP contribution in [-0.2, 0) is 10.8 Å². The van der Waals surface area contributed by atoms with Crippen molar-refractivity contribution < 1.29 is 4.21 Å². The lowest BCUT2D eigenvalue weighted by Gasteiger charge is -2.39. The number of rotatable bonds is 4. The van der Waals surface area contributed by atoms with Gasteiger partial charge in [0.05, 0.1) is 0 Å². The Hall–Kier alpha value is 0.0700. The summed E-state index contributed by atoms with van der Waals surface area (Å²) in [5, 5.41) is 3.67. The Morgan fingerprint density at radius 1 is 1.28 bits per heavy atom. The molecule has 0 aromatic heterocycles. The Bertz CT molecular complexity index is 275. The zero-order valence-corrected chi connectivity index (χ0v) is 12.7. The van der Waals surface area contributed by atoms with E-state index in [1.54, 1.807) is 0 Å². The molecule has 3 atom stereocenters. The van der Waals surface area contributed by atoms with Gasteiger partial charge in [0, 0.05) is 48.0 Å². The first-order valence-electron chi connectivity index (χ1n) is 7.49. The van der Waals surface area contributed by atoms with E-state index in [2.05, 4.69) is 24.1 Å². The van der Waals surface area contributed by atoms with Crippen molar-refractivity contribution in [3.63, 3.8) is 0 Å². The van der Waals surface area contributed by atoms with Crippen LogP contribution in [0.1, 0.15) is 33.1 Å². The molecule has 1 saturated carbocycles. The van der Waals surface area contributed by atoms with E-state index in [-0.39, 0.29) is 0 Å². The average Bonchev–Trinajstić information content (AvgIpc) is 2.36. The fraction of sp³-hybridized carbons (Fsp3) is 1.00. The standard InChI is InChI=1S/C14H28N2OS/c1-3-15-14-5-4-12(2)10-13(14)11-16-6-8-18(17)9-7-16/h12-15H,3-11H2,1-2H3. The highest BCUT2D eigenvalue weighted by Gasteiger charge is 2.30. The third-order valence-electron chi connectivity index (χ3n) is 4.47. The van der Waals surface area contributed by atoms with E-state index >= 15 is 0 Å². The largest absolute Gasteiger partial charge is 0.314 e. The molecule has 2 aliphatic rings. The molecule has 0 aromatic rings. The number of nitrogens with zero attached hydrogens (tertiary/aromatic N) is 1. The lowest BCUT2D eigenvalue weighted by atomic mass is 9.78. The Balaban J connectivity index is 1.85. The van der Waals surface area contributed by atoms with Gasteiger partial charge in [-0.25, -0.2) is 0 Å². The van der Waals surface area contributed by atoms with Gasteiger partial charge in [0.25, 0.3) is 0 Å². The van der Waals surface area contributed by atoms with Gasteiger partial charge in [-0.15, -0.1) is 0 Å². The fourth-order valence-electron chi connectivity index (χ4n) is 3.42. The maximum Gasteiger partial charge on any atom is 0.0363 e. The number of hydrogen-bond acceptors (Lipinski definition) is 3. The van der Waals surface area contributed by atoms with Crippen LogP contribution in [0.4, 0.5) is 0 Å². The van der Waals surface area contributed by atoms with Gasteiger partial charge in [-0.2, -0.15) is 0 Å². The van der Waals surface area contributed by atoms with Gasteiger partial charge in [0.1, 0.15) is 0 Å². The van der Waals surface area contributed by atoms with Crippen molar-refractivity contribution in [3.8, 4) is 0 Å². The summed E-state index contributed by atoms with van der Waals surface area (Å²) in [5.41, 5.74) is 0. The maximum atomic E-state index is 11.4. The second-order valence-electron chi connectivity index (χ2n) is 5.99. The van der Waals surface area contributed by atoms with E-state index in [1.165, 1.54) is 25.8 Å². The summed E-state index contributed by atoms with van der Waals surface area (Å²) >= 11 is 0. The summed E-state index contributed by atoms with van der Waals surface area (Å²) in [4.78, 5) is 2.54. The van der Waals surface area contributed by atoms with Crippen LogP contribution in [-0.4, -0.2) is 52.8 Å². The first-order chi connectivity index (χ1) is 8.69. The van der Waals surface area contributed by atoms with Crippen molar-refractivity contribution in [2.24, 2.45) is 11.8 Å². The minimum Gasteiger partial charge on any atom is -0.314 e. The van der Waals surface area contributed by atoms with Gasteiger partial charge in [-0.3, -0.25) is 4.21 Å². The lowest BCUT2D eigenvalue weighted by molar-refractivity contribution is 0.152. The Morgan fingerprint density at radius 3 is 2.67 bits per heavy atom. The van der Waals surface area contributed by atoms with Crippen molar-refractivity contribution in [2.75, 3.05) is 37.7 Å². The van der Waals surface area contributed by atoms with E-state index in [1.807, 2.05) is 0 Å². The Kier molecular flexibility index (Phi) is 5.64. The summed E-state index contributed by atoms with van der Waals surface area (Å²) in [6, 6.07) is 0.707. The summed E-state index contributed by atoms with van der Waals surface area (Å²) in [6.45, 7) is 8.96. The molecule has 2 rings (SSSR count). The minimum absolute atomic E-state index is 0.544. The first-order valence-corrected chi connectivity index (χ1v) is 8.98. The topological polar surface area (TPSA) is 32.3 Å². The van der Waals surface area contributed by atoms with Gasteiger partial charge in [-0.05, 0) is 37.6 Å². The molecule has 2 fully saturated rings. The molecule has 1 heterocycles. The highest BCUT2D eigenvalue weighted by Crippen LogP contribution is 2.30. The maximum absolute atomic E-state index is 11.4. The van der Waals surface area contributed by atoms with E-state index < -0.39 is 10.8 Å². The van der Waals surface area contributed by atoms with Gasteiger partial charge < -0.3 is 10.2 Å². The zero-order chi connectivity index (χ0) is 13.0. The van der Waals surface area contributed by atoms with Gasteiger partial charge in [0.2, 0.25) is 0 Å². The van der Waals surface area contributed by atoms with Crippen LogP contribution in [0.25, 0.3) is 0 Å². The summed E-state index contributed by atoms with van der Waals surface area (Å²) in [7, 11) is -0.544. The molecule has 1 saturated heterocycles. The molecule has 0 radical (unpaired) electrons. The summed E-state index contributed by atoms with van der Waals surface area (Å²) in [5.74, 6) is 3.44. The molecule has 0 aromatic carbocycles. The summed E-state index contributed by atoms with van der Waals surface area (Å²) < 4.78 is 11.4. The van der Waals surface area contributed by atoms with Crippen molar-refractivity contribution in [2.45, 2.75) is 39.2 Å². The molecule has 4 heteroatoms. The average molecular weight is 272 g/mol. The normalized spacial score (nSPS) is 35.8. The highest BCUT2D eigenvalue weighted by atomic mass is 32.2. The Labute approximate surface area is 114 Å². The molecule has 0 bridgehead atoms. The molecule has 18 heavy (non-hydrogen) atoms. The van der Waals surface area contributed by atoms with Crippen LogP contribution >= 0.6 is 0 Å². The smallest absolute Gasteiger partial charge is 0.0363 e. The molecule has 1 aliphatic carbocycles. The van der Waals surface area contributed by atoms with Gasteiger partial charge >= 0.3 is 0 Å². The zero-order valence-electron chi connectivity index (χ0n) is 11.9. The second-order valence-corrected chi connectivity index (χ2v) is 7.69. The molecule has 1 N–H and O–H groups in total. The molecule has 3 nitrogen and oxygen atoms in total. The monoisotopic (exact) mass is 272 g/mol. The second kappa shape index (κ2) is 7.01. The van der Waals surface area contributed by atoms with E-state index in [0.717, 1.165) is 43.0 Å². The lowest BCUT2D eigenvalue weighted by Crippen LogP contribution is -2.48. The molecule has 0 spiro atoms. The third kappa shape index (κ3) is 4.04. The molecular weight excluding hydrogens is 244 g/mol. The van der Waals surface area contributed by atoms with E-state index in [4.69, 9.17) is 0 Å². The molecule has 3 unspecified atom stereocenters. The predicted octanol–water partition coefficient (Wildman–Crippen LogP) is 1.47. The predicted molar refractivity (Wildman–Crippen MR) is 78.3 cm³/mol. The molecule has 106 valence electrons. The number of hydrogen-bond donors (Lipinski definition) is 1. The van der Waals surface area contributed by atoms with Crippen LogP contribution in [0.5, 0.6) is 0 Å². The Morgan fingerprint density at radius 2 is 2.00 bits per heavy atom. The fourth-order valence-corrected chi connectivity index (χ4v) is 4.55. The third-order valence-corrected chi connectivity index (χ3v) is 5.75. The van der Waals surface area contributed by atoms with E-state index in [0.29, 0.717) is 6.04 Å². The van der Waals surface area contributed by atoms with Gasteiger partial charge in [0.15, 0.2) is 0 Å².